The Bertz CT molecular complexity index is 388. The first-order valence-electron chi connectivity index (χ1n) is 5.53. The van der Waals surface area contributed by atoms with E-state index in [9.17, 15) is 9.18 Å². The fourth-order valence-corrected chi connectivity index (χ4v) is 1.26. The first kappa shape index (κ1) is 13.6. The maximum Gasteiger partial charge on any atom is 0.251 e. The van der Waals surface area contributed by atoms with Crippen LogP contribution in [0.3, 0.4) is 0 Å². The molecule has 0 radical (unpaired) electrons. The summed E-state index contributed by atoms with van der Waals surface area (Å²) in [5, 5.41) is 5.94. The molecule has 0 aliphatic carbocycles. The van der Waals surface area contributed by atoms with Crippen LogP contribution in [-0.2, 0) is 0 Å². The lowest BCUT2D eigenvalue weighted by atomic mass is 10.1. The van der Waals surface area contributed by atoms with Crippen LogP contribution in [0.1, 0.15) is 31.1 Å². The number of hydrogen-bond donors (Lipinski definition) is 2. The van der Waals surface area contributed by atoms with Crippen molar-refractivity contribution in [2.24, 2.45) is 0 Å². The molecule has 0 atom stereocenters. The summed E-state index contributed by atoms with van der Waals surface area (Å²) >= 11 is 0. The minimum atomic E-state index is -0.648. The summed E-state index contributed by atoms with van der Waals surface area (Å²) in [5.41, 5.74) is 0.307. The molecule has 0 spiro atoms. The highest BCUT2D eigenvalue weighted by Crippen LogP contribution is 2.00. The van der Waals surface area contributed by atoms with E-state index in [1.807, 2.05) is 20.8 Å². The number of amides is 1. The normalized spacial score (nSPS) is 11.3. The monoisotopic (exact) mass is 239 g/mol. The fraction of sp³-hybridized carbons (Fsp3) is 0.500. The summed E-state index contributed by atoms with van der Waals surface area (Å²) in [6.45, 7) is 7.32. The van der Waals surface area contributed by atoms with Crippen LogP contribution in [0.5, 0.6) is 0 Å². The van der Waals surface area contributed by atoms with Gasteiger partial charge in [0.1, 0.15) is 0 Å². The van der Waals surface area contributed by atoms with Crippen LogP contribution in [-0.4, -0.2) is 29.5 Å². The van der Waals surface area contributed by atoms with Crippen molar-refractivity contribution in [3.63, 3.8) is 0 Å². The maximum atomic E-state index is 12.8. The number of rotatable bonds is 4. The molecule has 5 heteroatoms. The van der Waals surface area contributed by atoms with Gasteiger partial charge in [0.2, 0.25) is 5.95 Å². The van der Waals surface area contributed by atoms with Gasteiger partial charge in [0.25, 0.3) is 5.91 Å². The molecule has 17 heavy (non-hydrogen) atoms. The lowest BCUT2D eigenvalue weighted by molar-refractivity contribution is 0.0952. The molecule has 1 aromatic heterocycles. The third-order valence-electron chi connectivity index (χ3n) is 2.05. The number of nitrogens with zero attached hydrogens (tertiary/aromatic N) is 1. The summed E-state index contributed by atoms with van der Waals surface area (Å²) in [5.74, 6) is -0.938. The van der Waals surface area contributed by atoms with Gasteiger partial charge < -0.3 is 10.6 Å². The Balaban J connectivity index is 2.36. The number of nitrogens with one attached hydrogen (secondary N) is 2. The minimum absolute atomic E-state index is 0.0213. The van der Waals surface area contributed by atoms with Crippen molar-refractivity contribution in [1.82, 2.24) is 15.6 Å². The third kappa shape index (κ3) is 5.40. The van der Waals surface area contributed by atoms with Crippen molar-refractivity contribution in [3.8, 4) is 0 Å². The molecule has 0 saturated carbocycles. The highest BCUT2D eigenvalue weighted by atomic mass is 19.1. The minimum Gasteiger partial charge on any atom is -0.351 e. The maximum absolute atomic E-state index is 12.8. The Morgan fingerprint density at radius 1 is 1.41 bits per heavy atom. The van der Waals surface area contributed by atoms with E-state index in [1.54, 1.807) is 0 Å². The van der Waals surface area contributed by atoms with Gasteiger partial charge in [-0.2, -0.15) is 4.39 Å². The Hall–Kier alpha value is -1.49. The number of pyridine rings is 1. The van der Waals surface area contributed by atoms with E-state index in [2.05, 4.69) is 15.6 Å². The van der Waals surface area contributed by atoms with Crippen LogP contribution in [0.15, 0.2) is 18.3 Å². The molecule has 1 amide bonds. The van der Waals surface area contributed by atoms with E-state index in [0.717, 1.165) is 6.07 Å². The average molecular weight is 239 g/mol. The highest BCUT2D eigenvalue weighted by molar-refractivity contribution is 5.93. The zero-order chi connectivity index (χ0) is 12.9. The third-order valence-corrected chi connectivity index (χ3v) is 2.05. The average Bonchev–Trinajstić information content (AvgIpc) is 2.23. The molecule has 1 rings (SSSR count). The van der Waals surface area contributed by atoms with E-state index >= 15 is 0 Å². The SMILES string of the molecule is CC(C)(C)NCCNC(=O)c1ccnc(F)c1. The Morgan fingerprint density at radius 2 is 2.12 bits per heavy atom. The van der Waals surface area contributed by atoms with E-state index in [4.69, 9.17) is 0 Å². The van der Waals surface area contributed by atoms with Gasteiger partial charge in [-0.3, -0.25) is 4.79 Å². The molecule has 0 saturated heterocycles. The van der Waals surface area contributed by atoms with Crippen molar-refractivity contribution < 1.29 is 9.18 Å². The Labute approximate surface area is 101 Å². The second-order valence-corrected chi connectivity index (χ2v) is 4.80. The first-order valence-corrected chi connectivity index (χ1v) is 5.53. The Kier molecular flexibility index (Phi) is 4.57. The molecule has 1 aromatic rings. The smallest absolute Gasteiger partial charge is 0.251 e. The van der Waals surface area contributed by atoms with Crippen LogP contribution in [0, 0.1) is 5.95 Å². The number of halogens is 1. The fourth-order valence-electron chi connectivity index (χ4n) is 1.26. The second kappa shape index (κ2) is 5.72. The predicted octanol–water partition coefficient (Wildman–Crippen LogP) is 1.34. The zero-order valence-corrected chi connectivity index (χ0v) is 10.4. The lowest BCUT2D eigenvalue weighted by Gasteiger charge is -2.20. The molecule has 0 bridgehead atoms. The number of aromatic nitrogens is 1. The van der Waals surface area contributed by atoms with E-state index < -0.39 is 5.95 Å². The van der Waals surface area contributed by atoms with Gasteiger partial charge in [-0.25, -0.2) is 4.98 Å². The largest absolute Gasteiger partial charge is 0.351 e. The van der Waals surface area contributed by atoms with Crippen molar-refractivity contribution in [2.45, 2.75) is 26.3 Å². The predicted molar refractivity (Wildman–Crippen MR) is 64.3 cm³/mol. The molecule has 1 heterocycles. The second-order valence-electron chi connectivity index (χ2n) is 4.80. The molecule has 0 aliphatic heterocycles. The standard InChI is InChI=1S/C12H18FN3O/c1-12(2,3)16-7-6-15-11(17)9-4-5-14-10(13)8-9/h4-5,8,16H,6-7H2,1-3H3,(H,15,17). The topological polar surface area (TPSA) is 54.0 Å². The molecule has 0 aliphatic rings. The number of carbonyl (C=O) groups excluding carboxylic acids is 1. The van der Waals surface area contributed by atoms with Crippen molar-refractivity contribution in [2.75, 3.05) is 13.1 Å². The van der Waals surface area contributed by atoms with Crippen LogP contribution in [0.25, 0.3) is 0 Å². The van der Waals surface area contributed by atoms with Gasteiger partial charge in [-0.15, -0.1) is 0 Å². The molecule has 0 aromatic carbocycles. The highest BCUT2D eigenvalue weighted by Gasteiger charge is 2.09. The van der Waals surface area contributed by atoms with E-state index in [0.29, 0.717) is 13.1 Å². The lowest BCUT2D eigenvalue weighted by Crippen LogP contribution is -2.41. The quantitative estimate of drug-likeness (QED) is 0.616. The van der Waals surface area contributed by atoms with Gasteiger partial charge in [0.05, 0.1) is 0 Å². The molecular weight excluding hydrogens is 221 g/mol. The molecule has 0 fully saturated rings. The van der Waals surface area contributed by atoms with Crippen LogP contribution in [0.2, 0.25) is 0 Å². The summed E-state index contributed by atoms with van der Waals surface area (Å²) < 4.78 is 12.8. The van der Waals surface area contributed by atoms with Gasteiger partial charge in [0, 0.05) is 36.5 Å². The molecule has 0 unspecified atom stereocenters. The van der Waals surface area contributed by atoms with Gasteiger partial charge in [-0.1, -0.05) is 0 Å². The molecule has 2 N–H and O–H groups in total. The summed E-state index contributed by atoms with van der Waals surface area (Å²) in [7, 11) is 0. The number of hydrogen-bond acceptors (Lipinski definition) is 3. The van der Waals surface area contributed by atoms with Crippen LogP contribution >= 0.6 is 0 Å². The van der Waals surface area contributed by atoms with Crippen molar-refractivity contribution in [1.29, 1.82) is 0 Å². The van der Waals surface area contributed by atoms with Gasteiger partial charge in [-0.05, 0) is 26.8 Å². The van der Waals surface area contributed by atoms with Crippen molar-refractivity contribution in [3.05, 3.63) is 29.8 Å². The van der Waals surface area contributed by atoms with Crippen molar-refractivity contribution >= 4 is 5.91 Å². The summed E-state index contributed by atoms with van der Waals surface area (Å²) in [6.07, 6.45) is 1.28. The van der Waals surface area contributed by atoms with E-state index in [1.165, 1.54) is 12.3 Å². The molecule has 4 nitrogen and oxygen atoms in total. The first-order chi connectivity index (χ1) is 7.88. The van der Waals surface area contributed by atoms with E-state index in [-0.39, 0.29) is 17.0 Å². The zero-order valence-electron chi connectivity index (χ0n) is 10.4. The number of carbonyl (C=O) groups is 1. The Morgan fingerprint density at radius 3 is 2.71 bits per heavy atom. The summed E-state index contributed by atoms with van der Waals surface area (Å²) in [6, 6.07) is 2.60. The van der Waals surface area contributed by atoms with Crippen LogP contribution < -0.4 is 10.6 Å². The summed E-state index contributed by atoms with van der Waals surface area (Å²) in [4.78, 5) is 15.0. The van der Waals surface area contributed by atoms with Gasteiger partial charge in [0.15, 0.2) is 0 Å². The van der Waals surface area contributed by atoms with Gasteiger partial charge >= 0.3 is 0 Å². The van der Waals surface area contributed by atoms with Crippen LogP contribution in [0.4, 0.5) is 4.39 Å². The molecule has 94 valence electrons. The molecular formula is C12H18FN3O.